The van der Waals surface area contributed by atoms with Gasteiger partial charge in [-0.1, -0.05) is 12.1 Å². The molecule has 31 heavy (non-hydrogen) atoms. The number of fused-ring (bicyclic) bond motifs is 1. The highest BCUT2D eigenvalue weighted by atomic mass is 19.4. The lowest BCUT2D eigenvalue weighted by Gasteiger charge is -2.33. The molecule has 0 aliphatic heterocycles. The summed E-state index contributed by atoms with van der Waals surface area (Å²) in [7, 11) is 0. The molecule has 0 radical (unpaired) electrons. The number of hydrogen-bond acceptors (Lipinski definition) is 5. The van der Waals surface area contributed by atoms with E-state index in [1.54, 1.807) is 30.7 Å². The third kappa shape index (κ3) is 4.01. The van der Waals surface area contributed by atoms with Crippen molar-refractivity contribution in [1.29, 1.82) is 0 Å². The number of pyridine rings is 1. The largest absolute Gasteiger partial charge is 0.416 e. The molecule has 9 heteroatoms. The van der Waals surface area contributed by atoms with Crippen molar-refractivity contribution in [2.45, 2.75) is 58.0 Å². The molecule has 164 valence electrons. The number of aromatic nitrogens is 3. The van der Waals surface area contributed by atoms with Crippen LogP contribution in [0.4, 0.5) is 19.0 Å². The van der Waals surface area contributed by atoms with Crippen LogP contribution in [0.15, 0.2) is 35.3 Å². The van der Waals surface area contributed by atoms with Crippen LogP contribution in [0.1, 0.15) is 54.4 Å². The number of alkyl halides is 3. The minimum Gasteiger partial charge on any atom is -0.393 e. The molecule has 1 aliphatic rings. The molecule has 2 N–H and O–H groups in total. The van der Waals surface area contributed by atoms with E-state index < -0.39 is 23.9 Å². The van der Waals surface area contributed by atoms with Crippen LogP contribution < -0.4 is 10.9 Å². The third-order valence-corrected chi connectivity index (χ3v) is 5.85. The van der Waals surface area contributed by atoms with E-state index in [0.29, 0.717) is 41.0 Å². The topological polar surface area (TPSA) is 80.0 Å². The highest BCUT2D eigenvalue weighted by molar-refractivity contribution is 5.88. The van der Waals surface area contributed by atoms with Gasteiger partial charge in [-0.25, -0.2) is 9.97 Å². The average Bonchev–Trinajstić information content (AvgIpc) is 2.64. The molecule has 1 fully saturated rings. The smallest absolute Gasteiger partial charge is 0.393 e. The molecule has 6 nitrogen and oxygen atoms in total. The normalized spacial score (nSPS) is 19.8. The molecule has 0 spiro atoms. The Balaban J connectivity index is 1.74. The van der Waals surface area contributed by atoms with Crippen molar-refractivity contribution in [3.8, 4) is 0 Å². The van der Waals surface area contributed by atoms with Gasteiger partial charge in [0, 0.05) is 18.3 Å². The number of anilines is 1. The van der Waals surface area contributed by atoms with Gasteiger partial charge in [0.2, 0.25) is 0 Å². The van der Waals surface area contributed by atoms with Crippen LogP contribution in [0.2, 0.25) is 0 Å². The first-order valence-corrected chi connectivity index (χ1v) is 10.1. The number of aryl methyl sites for hydroxylation is 1. The summed E-state index contributed by atoms with van der Waals surface area (Å²) in [4.78, 5) is 21.3. The van der Waals surface area contributed by atoms with E-state index >= 15 is 0 Å². The van der Waals surface area contributed by atoms with Gasteiger partial charge < -0.3 is 15.0 Å². The van der Waals surface area contributed by atoms with E-state index in [9.17, 15) is 23.1 Å². The van der Waals surface area contributed by atoms with Gasteiger partial charge in [-0.2, -0.15) is 13.2 Å². The number of nitrogens with zero attached hydrogens (tertiary/aromatic N) is 3. The molecule has 1 saturated carbocycles. The van der Waals surface area contributed by atoms with Gasteiger partial charge >= 0.3 is 6.18 Å². The van der Waals surface area contributed by atoms with Crippen molar-refractivity contribution in [2.75, 3.05) is 5.32 Å². The number of hydrogen-bond donors (Lipinski definition) is 2. The quantitative estimate of drug-likeness (QED) is 0.643. The number of nitrogens with one attached hydrogen (secondary N) is 1. The summed E-state index contributed by atoms with van der Waals surface area (Å²) in [5.74, 6) is 0.889. The maximum Gasteiger partial charge on any atom is 0.416 e. The first kappa shape index (κ1) is 21.3. The average molecular weight is 432 g/mol. The van der Waals surface area contributed by atoms with Crippen molar-refractivity contribution in [3.63, 3.8) is 0 Å². The molecular formula is C22H23F3N4O2. The molecular weight excluding hydrogens is 409 g/mol. The third-order valence-electron chi connectivity index (χ3n) is 5.85. The number of rotatable bonds is 4. The van der Waals surface area contributed by atoms with E-state index in [4.69, 9.17) is 0 Å². The summed E-state index contributed by atoms with van der Waals surface area (Å²) in [6.45, 7) is 4.92. The van der Waals surface area contributed by atoms with Crippen molar-refractivity contribution in [1.82, 2.24) is 14.5 Å². The number of halogens is 3. The molecule has 0 bridgehead atoms. The van der Waals surface area contributed by atoms with E-state index in [1.807, 2.05) is 0 Å². The van der Waals surface area contributed by atoms with Gasteiger partial charge in [-0.05, 0) is 50.8 Å². The first-order chi connectivity index (χ1) is 14.5. The summed E-state index contributed by atoms with van der Waals surface area (Å²) in [5, 5.41) is 13.4. The second-order valence-electron chi connectivity index (χ2n) is 8.10. The van der Waals surface area contributed by atoms with Crippen molar-refractivity contribution < 1.29 is 18.3 Å². The monoisotopic (exact) mass is 432 g/mol. The Bertz CT molecular complexity index is 1200. The fourth-order valence-corrected chi connectivity index (χ4v) is 4.13. The zero-order valence-electron chi connectivity index (χ0n) is 17.4. The Labute approximate surface area is 176 Å². The molecule has 1 atom stereocenters. The Kier molecular flexibility index (Phi) is 5.25. The van der Waals surface area contributed by atoms with Gasteiger partial charge in [0.05, 0.1) is 28.6 Å². The Morgan fingerprint density at radius 1 is 1.23 bits per heavy atom. The highest BCUT2D eigenvalue weighted by Crippen LogP contribution is 2.36. The number of aliphatic hydroxyl groups is 1. The zero-order valence-corrected chi connectivity index (χ0v) is 17.4. The highest BCUT2D eigenvalue weighted by Gasteiger charge is 2.33. The molecule has 3 aromatic rings. The predicted molar refractivity (Wildman–Crippen MR) is 111 cm³/mol. The summed E-state index contributed by atoms with van der Waals surface area (Å²) < 4.78 is 41.5. The van der Waals surface area contributed by atoms with Crippen molar-refractivity contribution >= 4 is 16.7 Å². The summed E-state index contributed by atoms with van der Waals surface area (Å²) in [6.07, 6.45) is -2.17. The van der Waals surface area contributed by atoms with Crippen LogP contribution in [0, 0.1) is 13.8 Å². The maximum atomic E-state index is 13.3. The van der Waals surface area contributed by atoms with E-state index in [2.05, 4.69) is 15.3 Å². The minimum atomic E-state index is -4.43. The van der Waals surface area contributed by atoms with Gasteiger partial charge in [0.25, 0.3) is 5.56 Å². The minimum absolute atomic E-state index is 0.0933. The molecule has 4 rings (SSSR count). The van der Waals surface area contributed by atoms with Crippen LogP contribution in [-0.4, -0.2) is 25.7 Å². The molecule has 1 aliphatic carbocycles. The summed E-state index contributed by atoms with van der Waals surface area (Å²) in [6, 6.07) is 4.99. The predicted octanol–water partition coefficient (Wildman–Crippen LogP) is 4.30. The lowest BCUT2D eigenvalue weighted by molar-refractivity contribution is -0.138. The molecule has 2 aromatic heterocycles. The van der Waals surface area contributed by atoms with E-state index in [-0.39, 0.29) is 17.2 Å². The lowest BCUT2D eigenvalue weighted by Crippen LogP contribution is -2.36. The second-order valence-corrected chi connectivity index (χ2v) is 8.10. The number of benzene rings is 1. The van der Waals surface area contributed by atoms with Crippen LogP contribution in [0.5, 0.6) is 0 Å². The maximum absolute atomic E-state index is 13.3. The summed E-state index contributed by atoms with van der Waals surface area (Å²) in [5.41, 5.74) is 0.249. The van der Waals surface area contributed by atoms with E-state index in [0.717, 1.165) is 6.07 Å². The molecule has 0 saturated heterocycles. The molecule has 0 unspecified atom stereocenters. The van der Waals surface area contributed by atoms with Gasteiger partial charge in [0.1, 0.15) is 11.6 Å². The zero-order chi connectivity index (χ0) is 22.5. The van der Waals surface area contributed by atoms with Gasteiger partial charge in [-0.15, -0.1) is 0 Å². The molecule has 0 amide bonds. The fourth-order valence-electron chi connectivity index (χ4n) is 4.13. The van der Waals surface area contributed by atoms with Crippen LogP contribution in [0.3, 0.4) is 0 Å². The SMILES string of the molecule is Cc1nc(N[C@H](C)c2cccc(C(F)(F)F)c2C)c2cn([C@H]3C[C@H](O)C3)c(=O)cc2n1. The summed E-state index contributed by atoms with van der Waals surface area (Å²) >= 11 is 0. The molecule has 2 heterocycles. The number of aliphatic hydroxyl groups excluding tert-OH is 1. The van der Waals surface area contributed by atoms with Crippen LogP contribution in [0.25, 0.3) is 10.9 Å². The van der Waals surface area contributed by atoms with Gasteiger partial charge in [-0.3, -0.25) is 4.79 Å². The second kappa shape index (κ2) is 7.64. The first-order valence-electron chi connectivity index (χ1n) is 10.1. The van der Waals surface area contributed by atoms with Crippen molar-refractivity contribution in [2.24, 2.45) is 0 Å². The van der Waals surface area contributed by atoms with Crippen molar-refractivity contribution in [3.05, 3.63) is 63.3 Å². The lowest BCUT2D eigenvalue weighted by atomic mass is 9.89. The van der Waals surface area contributed by atoms with E-state index in [1.165, 1.54) is 19.1 Å². The molecule has 1 aromatic carbocycles. The Hall–Kier alpha value is -2.94. The van der Waals surface area contributed by atoms with Crippen LogP contribution in [-0.2, 0) is 6.18 Å². The Morgan fingerprint density at radius 2 is 1.94 bits per heavy atom. The standard InChI is InChI=1S/C22H23F3N4O2/c1-11-16(5-4-6-18(11)22(23,24)25)12(2)26-21-17-10-29(14-7-15(30)8-14)20(31)9-19(17)27-13(3)28-21/h4-6,9-10,12,14-15,30H,7-8H2,1-3H3,(H,26,27,28)/t12-,14-,15-/m1/s1. The fraction of sp³-hybridized carbons (Fsp3) is 0.409. The Morgan fingerprint density at radius 3 is 2.58 bits per heavy atom. The van der Waals surface area contributed by atoms with Crippen LogP contribution >= 0.6 is 0 Å². The van der Waals surface area contributed by atoms with Gasteiger partial charge in [0.15, 0.2) is 0 Å².